The maximum absolute atomic E-state index is 11.6. The van der Waals surface area contributed by atoms with E-state index < -0.39 is 16.9 Å². The van der Waals surface area contributed by atoms with Gasteiger partial charge >= 0.3 is 0 Å². The van der Waals surface area contributed by atoms with Crippen LogP contribution in [0.25, 0.3) is 0 Å². The van der Waals surface area contributed by atoms with Crippen LogP contribution >= 0.6 is 15.9 Å². The van der Waals surface area contributed by atoms with Gasteiger partial charge in [-0.15, -0.1) is 6.58 Å². The zero-order valence-corrected chi connectivity index (χ0v) is 11.0. The Kier molecular flexibility index (Phi) is 4.99. The third kappa shape index (κ3) is 3.64. The molecule has 1 aromatic carbocycles. The topological polar surface area (TPSA) is 98.3 Å². The summed E-state index contributed by atoms with van der Waals surface area (Å²) >= 11 is 3.13. The summed E-state index contributed by atoms with van der Waals surface area (Å²) in [7, 11) is 0. The second kappa shape index (κ2) is 6.27. The van der Waals surface area contributed by atoms with Gasteiger partial charge in [0.1, 0.15) is 5.69 Å². The van der Waals surface area contributed by atoms with Crippen LogP contribution in [0.3, 0.4) is 0 Å². The van der Waals surface area contributed by atoms with E-state index in [1.165, 1.54) is 18.2 Å². The van der Waals surface area contributed by atoms with Crippen molar-refractivity contribution in [2.24, 2.45) is 5.73 Å². The number of nitro benzene ring substituents is 1. The fraction of sp³-hybridized carbons (Fsp3) is 0.182. The van der Waals surface area contributed by atoms with E-state index >= 15 is 0 Å². The molecule has 0 saturated carbocycles. The molecular formula is C11H12BrN3O3. The van der Waals surface area contributed by atoms with Gasteiger partial charge in [0.05, 0.1) is 11.0 Å². The van der Waals surface area contributed by atoms with E-state index in [0.29, 0.717) is 10.9 Å². The summed E-state index contributed by atoms with van der Waals surface area (Å²) in [6, 6.07) is 3.59. The number of nitrogens with zero attached hydrogens (tertiary/aromatic N) is 1. The maximum atomic E-state index is 11.6. The van der Waals surface area contributed by atoms with Gasteiger partial charge in [-0.3, -0.25) is 14.9 Å². The number of nitrogens with two attached hydrogens (primary N) is 1. The highest BCUT2D eigenvalue weighted by Gasteiger charge is 2.19. The SMILES string of the molecule is C=CCC(N)C(=O)Nc1ccc(Br)cc1[N+](=O)[O-]. The molecule has 6 nitrogen and oxygen atoms in total. The van der Waals surface area contributed by atoms with Gasteiger partial charge in [-0.1, -0.05) is 22.0 Å². The molecule has 1 rings (SSSR count). The predicted octanol–water partition coefficient (Wildman–Crippen LogP) is 2.20. The zero-order chi connectivity index (χ0) is 13.7. The Labute approximate surface area is 112 Å². The molecule has 0 saturated heterocycles. The molecule has 0 radical (unpaired) electrons. The number of carbonyl (C=O) groups excluding carboxylic acids is 1. The van der Waals surface area contributed by atoms with Gasteiger partial charge in [0.25, 0.3) is 5.69 Å². The molecule has 1 unspecified atom stereocenters. The molecule has 3 N–H and O–H groups in total. The molecule has 7 heteroatoms. The molecule has 96 valence electrons. The van der Waals surface area contributed by atoms with Gasteiger partial charge in [-0.05, 0) is 18.6 Å². The normalized spacial score (nSPS) is 11.7. The van der Waals surface area contributed by atoms with E-state index in [0.717, 1.165) is 0 Å². The Bertz CT molecular complexity index is 490. The zero-order valence-electron chi connectivity index (χ0n) is 9.43. The van der Waals surface area contributed by atoms with Gasteiger partial charge < -0.3 is 11.1 Å². The smallest absolute Gasteiger partial charge is 0.293 e. The van der Waals surface area contributed by atoms with E-state index in [1.54, 1.807) is 6.07 Å². The lowest BCUT2D eigenvalue weighted by molar-refractivity contribution is -0.384. The first-order chi connectivity index (χ1) is 8.45. The first-order valence-corrected chi connectivity index (χ1v) is 5.86. The largest absolute Gasteiger partial charge is 0.320 e. The fourth-order valence-corrected chi connectivity index (χ4v) is 1.62. The van der Waals surface area contributed by atoms with Crippen LogP contribution in [0.2, 0.25) is 0 Å². The van der Waals surface area contributed by atoms with E-state index in [2.05, 4.69) is 27.8 Å². The second-order valence-corrected chi connectivity index (χ2v) is 4.45. The minimum Gasteiger partial charge on any atom is -0.320 e. The highest BCUT2D eigenvalue weighted by atomic mass is 79.9. The van der Waals surface area contributed by atoms with E-state index in [-0.39, 0.29) is 11.4 Å². The van der Waals surface area contributed by atoms with Crippen LogP contribution < -0.4 is 11.1 Å². The molecule has 0 aliphatic rings. The van der Waals surface area contributed by atoms with Crippen LogP contribution in [0.15, 0.2) is 35.3 Å². The van der Waals surface area contributed by atoms with Gasteiger partial charge in [-0.2, -0.15) is 0 Å². The first-order valence-electron chi connectivity index (χ1n) is 5.07. The van der Waals surface area contributed by atoms with Gasteiger partial charge in [0.15, 0.2) is 0 Å². The number of rotatable bonds is 5. The lowest BCUT2D eigenvalue weighted by Crippen LogP contribution is -2.35. The average molecular weight is 314 g/mol. The Morgan fingerprint density at radius 1 is 1.67 bits per heavy atom. The van der Waals surface area contributed by atoms with Crippen molar-refractivity contribution < 1.29 is 9.72 Å². The third-order valence-electron chi connectivity index (χ3n) is 2.17. The van der Waals surface area contributed by atoms with Crippen LogP contribution in [0.1, 0.15) is 6.42 Å². The summed E-state index contributed by atoms with van der Waals surface area (Å²) in [6.45, 7) is 3.47. The quantitative estimate of drug-likeness (QED) is 0.494. The molecule has 0 aromatic heterocycles. The van der Waals surface area contributed by atoms with Crippen LogP contribution in [0.4, 0.5) is 11.4 Å². The highest BCUT2D eigenvalue weighted by Crippen LogP contribution is 2.28. The lowest BCUT2D eigenvalue weighted by atomic mass is 10.2. The molecule has 1 atom stereocenters. The monoisotopic (exact) mass is 313 g/mol. The molecular weight excluding hydrogens is 302 g/mol. The van der Waals surface area contributed by atoms with E-state index in [1.807, 2.05) is 0 Å². The van der Waals surface area contributed by atoms with Crippen molar-refractivity contribution in [3.8, 4) is 0 Å². The Morgan fingerprint density at radius 3 is 2.89 bits per heavy atom. The molecule has 0 spiro atoms. The Morgan fingerprint density at radius 2 is 2.33 bits per heavy atom. The van der Waals surface area contributed by atoms with Crippen LogP contribution in [-0.2, 0) is 4.79 Å². The van der Waals surface area contributed by atoms with E-state index in [4.69, 9.17) is 5.73 Å². The molecule has 18 heavy (non-hydrogen) atoms. The number of halogens is 1. The number of hydrogen-bond donors (Lipinski definition) is 2. The maximum Gasteiger partial charge on any atom is 0.293 e. The third-order valence-corrected chi connectivity index (χ3v) is 2.66. The number of nitro groups is 1. The van der Waals surface area contributed by atoms with Crippen LogP contribution in [-0.4, -0.2) is 16.9 Å². The number of benzene rings is 1. The van der Waals surface area contributed by atoms with Crippen molar-refractivity contribution in [3.63, 3.8) is 0 Å². The van der Waals surface area contributed by atoms with Crippen molar-refractivity contribution in [1.82, 2.24) is 0 Å². The predicted molar refractivity (Wildman–Crippen MR) is 72.2 cm³/mol. The summed E-state index contributed by atoms with van der Waals surface area (Å²) in [5, 5.41) is 13.3. The van der Waals surface area contributed by atoms with Crippen molar-refractivity contribution >= 4 is 33.2 Å². The van der Waals surface area contributed by atoms with Crippen molar-refractivity contribution in [3.05, 3.63) is 45.4 Å². The first kappa shape index (κ1) is 14.3. The molecule has 0 heterocycles. The molecule has 1 amide bonds. The fourth-order valence-electron chi connectivity index (χ4n) is 1.27. The van der Waals surface area contributed by atoms with Crippen molar-refractivity contribution in [1.29, 1.82) is 0 Å². The summed E-state index contributed by atoms with van der Waals surface area (Å²) < 4.78 is 0.558. The minimum absolute atomic E-state index is 0.118. The number of anilines is 1. The number of carbonyl (C=O) groups is 1. The molecule has 0 aliphatic carbocycles. The van der Waals surface area contributed by atoms with E-state index in [9.17, 15) is 14.9 Å². The molecule has 0 fully saturated rings. The standard InChI is InChI=1S/C11H12BrN3O3/c1-2-3-8(13)11(16)14-9-5-4-7(12)6-10(9)15(17)18/h2,4-6,8H,1,3,13H2,(H,14,16). The van der Waals surface area contributed by atoms with Crippen LogP contribution in [0.5, 0.6) is 0 Å². The highest BCUT2D eigenvalue weighted by molar-refractivity contribution is 9.10. The second-order valence-electron chi connectivity index (χ2n) is 3.54. The lowest BCUT2D eigenvalue weighted by Gasteiger charge is -2.10. The van der Waals surface area contributed by atoms with Gasteiger partial charge in [0.2, 0.25) is 5.91 Å². The molecule has 0 bridgehead atoms. The molecule has 1 aromatic rings. The van der Waals surface area contributed by atoms with Gasteiger partial charge in [-0.25, -0.2) is 0 Å². The summed E-state index contributed by atoms with van der Waals surface area (Å²) in [6.07, 6.45) is 1.82. The number of nitrogens with one attached hydrogen (secondary N) is 1. The summed E-state index contributed by atoms with van der Waals surface area (Å²) in [4.78, 5) is 21.9. The molecule has 0 aliphatic heterocycles. The average Bonchev–Trinajstić information content (AvgIpc) is 2.31. The van der Waals surface area contributed by atoms with Gasteiger partial charge in [0, 0.05) is 10.5 Å². The van der Waals surface area contributed by atoms with Crippen molar-refractivity contribution in [2.75, 3.05) is 5.32 Å². The Balaban J connectivity index is 2.93. The number of amides is 1. The Hall–Kier alpha value is -1.73. The van der Waals surface area contributed by atoms with Crippen LogP contribution in [0, 0.1) is 10.1 Å². The number of hydrogen-bond acceptors (Lipinski definition) is 4. The minimum atomic E-state index is -0.772. The summed E-state index contributed by atoms with van der Waals surface area (Å²) in [5.74, 6) is -0.486. The van der Waals surface area contributed by atoms with Crippen molar-refractivity contribution in [2.45, 2.75) is 12.5 Å². The summed E-state index contributed by atoms with van der Waals surface area (Å²) in [5.41, 5.74) is 5.50.